The molecule has 0 spiro atoms. The van der Waals surface area contributed by atoms with Crippen molar-refractivity contribution in [3.8, 4) is 6.07 Å². The molecule has 0 aliphatic carbocycles. The molecule has 0 bridgehead atoms. The maximum atomic E-state index is 14.1. The molecule has 1 rings (SSSR count). The van der Waals surface area contributed by atoms with Crippen LogP contribution in [-0.4, -0.2) is 38.7 Å². The molecular weight excluding hydrogens is 335 g/mol. The highest BCUT2D eigenvalue weighted by Crippen LogP contribution is 2.25. The molecule has 1 aromatic rings. The van der Waals surface area contributed by atoms with Crippen LogP contribution in [0.2, 0.25) is 5.15 Å². The van der Waals surface area contributed by atoms with Crippen molar-refractivity contribution in [1.29, 1.82) is 5.26 Å². The third-order valence-corrected chi connectivity index (χ3v) is 4.02. The first-order chi connectivity index (χ1) is 11.0. The van der Waals surface area contributed by atoms with Crippen LogP contribution in [0.25, 0.3) is 0 Å². The molecule has 1 amide bonds. The van der Waals surface area contributed by atoms with E-state index in [1.54, 1.807) is 33.8 Å². The van der Waals surface area contributed by atoms with Gasteiger partial charge in [0.2, 0.25) is 0 Å². The third kappa shape index (κ3) is 4.48. The van der Waals surface area contributed by atoms with E-state index in [-0.39, 0.29) is 22.6 Å². The van der Waals surface area contributed by atoms with Gasteiger partial charge in [0.15, 0.2) is 11.6 Å². The van der Waals surface area contributed by atoms with E-state index in [0.717, 1.165) is 6.07 Å². The van der Waals surface area contributed by atoms with Gasteiger partial charge in [-0.2, -0.15) is 5.26 Å². The van der Waals surface area contributed by atoms with Crippen LogP contribution in [0.5, 0.6) is 0 Å². The molecule has 132 valence electrons. The van der Waals surface area contributed by atoms with Crippen molar-refractivity contribution >= 4 is 23.5 Å². The number of nitrogens with one attached hydrogen (secondary N) is 1. The molecule has 0 saturated heterocycles. The van der Waals surface area contributed by atoms with E-state index < -0.39 is 23.5 Å². The first-order valence-corrected chi connectivity index (χ1v) is 7.95. The van der Waals surface area contributed by atoms with Crippen molar-refractivity contribution in [1.82, 2.24) is 9.88 Å². The summed E-state index contributed by atoms with van der Waals surface area (Å²) in [6, 6.07) is 1.94. The van der Waals surface area contributed by atoms with Gasteiger partial charge in [0, 0.05) is 11.6 Å². The second kappa shape index (κ2) is 7.67. The van der Waals surface area contributed by atoms with Gasteiger partial charge >= 0.3 is 6.09 Å². The fourth-order valence-electron chi connectivity index (χ4n) is 2.64. The molecule has 0 aliphatic rings. The summed E-state index contributed by atoms with van der Waals surface area (Å²) in [7, 11) is 0. The van der Waals surface area contributed by atoms with E-state index >= 15 is 0 Å². The summed E-state index contributed by atoms with van der Waals surface area (Å²) in [5, 5.41) is 21.2. The summed E-state index contributed by atoms with van der Waals surface area (Å²) in [6.07, 6.45) is -0.513. The van der Waals surface area contributed by atoms with Gasteiger partial charge in [0.1, 0.15) is 11.2 Å². The van der Waals surface area contributed by atoms with Crippen LogP contribution < -0.4 is 5.32 Å². The number of amides is 1. The second-order valence-electron chi connectivity index (χ2n) is 6.49. The first kappa shape index (κ1) is 20.0. The lowest BCUT2D eigenvalue weighted by Gasteiger charge is -2.41. The zero-order valence-corrected chi connectivity index (χ0v) is 15.1. The lowest BCUT2D eigenvalue weighted by molar-refractivity contribution is 0.0689. The highest BCUT2D eigenvalue weighted by Gasteiger charge is 2.34. The van der Waals surface area contributed by atoms with Gasteiger partial charge in [-0.1, -0.05) is 18.5 Å². The van der Waals surface area contributed by atoms with Crippen molar-refractivity contribution in [3.63, 3.8) is 0 Å². The van der Waals surface area contributed by atoms with E-state index in [1.165, 1.54) is 4.90 Å². The Morgan fingerprint density at radius 3 is 2.58 bits per heavy atom. The average Bonchev–Trinajstić information content (AvgIpc) is 2.45. The average molecular weight is 357 g/mol. The fraction of sp³-hybridized carbons (Fsp3) is 0.562. The van der Waals surface area contributed by atoms with Gasteiger partial charge in [-0.25, -0.2) is 14.2 Å². The Balaban J connectivity index is 3.13. The summed E-state index contributed by atoms with van der Waals surface area (Å²) in [6.45, 7) is 9.00. The lowest BCUT2D eigenvalue weighted by atomic mass is 9.98. The Bertz CT molecular complexity index is 655. The largest absolute Gasteiger partial charge is 0.465 e. The van der Waals surface area contributed by atoms with Crippen molar-refractivity contribution in [3.05, 3.63) is 22.6 Å². The zero-order valence-electron chi connectivity index (χ0n) is 14.4. The predicted molar refractivity (Wildman–Crippen MR) is 90.7 cm³/mol. The van der Waals surface area contributed by atoms with E-state index in [2.05, 4.69) is 10.3 Å². The maximum Gasteiger partial charge on any atom is 0.408 e. The Labute approximate surface area is 146 Å². The minimum absolute atomic E-state index is 0.0531. The number of anilines is 1. The smallest absolute Gasteiger partial charge is 0.408 e. The van der Waals surface area contributed by atoms with Gasteiger partial charge < -0.3 is 10.4 Å². The standard InChI is InChI=1S/C16H22ClFN4O2/c1-6-12(9(2)22(15(23)24)16(3,4)5)20-14-11(18)7-10(8-19)13(17)21-14/h7,9,12H,6H2,1-5H3,(H,20,21)(H,23,24)/t9-,12+/m0/s1. The maximum absolute atomic E-state index is 14.1. The Morgan fingerprint density at radius 1 is 1.58 bits per heavy atom. The second-order valence-corrected chi connectivity index (χ2v) is 6.85. The molecule has 0 fully saturated rings. The summed E-state index contributed by atoms with van der Waals surface area (Å²) in [5.74, 6) is -0.809. The Kier molecular flexibility index (Phi) is 6.38. The molecule has 2 N–H and O–H groups in total. The quantitative estimate of drug-likeness (QED) is 0.775. The van der Waals surface area contributed by atoms with Crippen LogP contribution >= 0.6 is 11.6 Å². The Hall–Kier alpha value is -2.07. The normalized spacial score (nSPS) is 13.8. The molecule has 1 heterocycles. The number of rotatable bonds is 5. The predicted octanol–water partition coefficient (Wildman–Crippen LogP) is 4.10. The van der Waals surface area contributed by atoms with Gasteiger partial charge in [0.05, 0.1) is 11.6 Å². The number of carboxylic acid groups (broad SMARTS) is 1. The summed E-state index contributed by atoms with van der Waals surface area (Å²) in [4.78, 5) is 16.8. The van der Waals surface area contributed by atoms with E-state index in [0.29, 0.717) is 6.42 Å². The van der Waals surface area contributed by atoms with E-state index in [9.17, 15) is 14.3 Å². The molecule has 0 saturated carbocycles. The topological polar surface area (TPSA) is 89.3 Å². The van der Waals surface area contributed by atoms with Crippen LogP contribution in [0.4, 0.5) is 15.0 Å². The van der Waals surface area contributed by atoms with Gasteiger partial charge in [-0.05, 0) is 40.2 Å². The van der Waals surface area contributed by atoms with Crippen LogP contribution in [0, 0.1) is 17.1 Å². The van der Waals surface area contributed by atoms with Crippen LogP contribution in [-0.2, 0) is 0 Å². The lowest BCUT2D eigenvalue weighted by Crippen LogP contribution is -2.55. The van der Waals surface area contributed by atoms with E-state index in [1.807, 2.05) is 6.92 Å². The van der Waals surface area contributed by atoms with Crippen molar-refractivity contribution in [2.24, 2.45) is 0 Å². The monoisotopic (exact) mass is 356 g/mol. The molecule has 6 nitrogen and oxygen atoms in total. The summed E-state index contributed by atoms with van der Waals surface area (Å²) in [5.41, 5.74) is -0.670. The number of hydrogen-bond acceptors (Lipinski definition) is 4. The van der Waals surface area contributed by atoms with E-state index in [4.69, 9.17) is 16.9 Å². The number of nitriles is 1. The number of hydrogen-bond donors (Lipinski definition) is 2. The molecule has 0 aliphatic heterocycles. The first-order valence-electron chi connectivity index (χ1n) is 7.57. The molecular formula is C16H22ClFN4O2. The minimum Gasteiger partial charge on any atom is -0.465 e. The number of pyridine rings is 1. The van der Waals surface area contributed by atoms with Crippen LogP contribution in [0.15, 0.2) is 6.07 Å². The molecule has 1 aromatic heterocycles. The number of halogens is 2. The SMILES string of the molecule is CC[C@@H](Nc1nc(Cl)c(C#N)cc1F)[C@H](C)N(C(=O)O)C(C)(C)C. The summed E-state index contributed by atoms with van der Waals surface area (Å²) >= 11 is 5.85. The summed E-state index contributed by atoms with van der Waals surface area (Å²) < 4.78 is 14.1. The van der Waals surface area contributed by atoms with Crippen molar-refractivity contribution in [2.75, 3.05) is 5.32 Å². The molecule has 2 atom stereocenters. The molecule has 24 heavy (non-hydrogen) atoms. The molecule has 0 radical (unpaired) electrons. The van der Waals surface area contributed by atoms with Crippen molar-refractivity contribution < 1.29 is 14.3 Å². The highest BCUT2D eigenvalue weighted by molar-refractivity contribution is 6.30. The highest BCUT2D eigenvalue weighted by atomic mass is 35.5. The fourth-order valence-corrected chi connectivity index (χ4v) is 2.82. The minimum atomic E-state index is -1.05. The van der Waals surface area contributed by atoms with Crippen molar-refractivity contribution in [2.45, 2.75) is 58.7 Å². The van der Waals surface area contributed by atoms with Gasteiger partial charge in [0.25, 0.3) is 0 Å². The van der Waals surface area contributed by atoms with Gasteiger partial charge in [-0.15, -0.1) is 0 Å². The number of carbonyl (C=O) groups is 1. The molecule has 8 heteroatoms. The molecule has 0 aromatic carbocycles. The molecule has 0 unspecified atom stereocenters. The third-order valence-electron chi connectivity index (χ3n) is 3.73. The number of aromatic nitrogens is 1. The van der Waals surface area contributed by atoms with Crippen LogP contribution in [0.3, 0.4) is 0 Å². The van der Waals surface area contributed by atoms with Crippen LogP contribution in [0.1, 0.15) is 46.6 Å². The van der Waals surface area contributed by atoms with Gasteiger partial charge in [-0.3, -0.25) is 4.90 Å². The zero-order chi connectivity index (χ0) is 18.7. The Morgan fingerprint density at radius 2 is 2.17 bits per heavy atom. The number of nitrogens with zero attached hydrogens (tertiary/aromatic N) is 3.